The lowest BCUT2D eigenvalue weighted by molar-refractivity contribution is -0.115. The van der Waals surface area contributed by atoms with Gasteiger partial charge in [-0.15, -0.1) is 0 Å². The lowest BCUT2D eigenvalue weighted by Gasteiger charge is -2.06. The van der Waals surface area contributed by atoms with E-state index in [0.717, 1.165) is 5.39 Å². The zero-order valence-corrected chi connectivity index (χ0v) is 8.23. The average molecular weight is 202 g/mol. The molecule has 1 aromatic heterocycles. The fourth-order valence-corrected chi connectivity index (χ4v) is 1.45. The highest BCUT2D eigenvalue weighted by Gasteiger charge is 2.01. The smallest absolute Gasteiger partial charge is 0.274 e. The van der Waals surface area contributed by atoms with Crippen LogP contribution in [0.5, 0.6) is 0 Å². The molecule has 1 N–H and O–H groups in total. The maximum absolute atomic E-state index is 11.8. The highest BCUT2D eigenvalue weighted by molar-refractivity contribution is 5.83. The van der Waals surface area contributed by atoms with Crippen LogP contribution in [0.3, 0.4) is 0 Å². The van der Waals surface area contributed by atoms with Crippen molar-refractivity contribution in [2.75, 3.05) is 5.43 Å². The Kier molecular flexibility index (Phi) is 2.25. The van der Waals surface area contributed by atoms with Gasteiger partial charge in [0, 0.05) is 18.5 Å². The third kappa shape index (κ3) is 1.74. The number of aromatic nitrogens is 1. The summed E-state index contributed by atoms with van der Waals surface area (Å²) in [4.78, 5) is 22.6. The monoisotopic (exact) mass is 202 g/mol. The summed E-state index contributed by atoms with van der Waals surface area (Å²) in [7, 11) is 0. The van der Waals surface area contributed by atoms with Crippen molar-refractivity contribution >= 4 is 16.7 Å². The molecule has 0 saturated carbocycles. The van der Waals surface area contributed by atoms with E-state index in [1.807, 2.05) is 12.1 Å². The molecule has 1 amide bonds. The predicted molar refractivity (Wildman–Crippen MR) is 58.2 cm³/mol. The Hall–Kier alpha value is -2.10. The van der Waals surface area contributed by atoms with Gasteiger partial charge in [0.1, 0.15) is 0 Å². The van der Waals surface area contributed by atoms with Crippen LogP contribution >= 0.6 is 0 Å². The summed E-state index contributed by atoms with van der Waals surface area (Å²) in [5.41, 5.74) is 2.21. The van der Waals surface area contributed by atoms with Crippen LogP contribution in [0.4, 0.5) is 0 Å². The topological polar surface area (TPSA) is 51.1 Å². The molecule has 2 aromatic rings. The SMILES string of the molecule is CC(=O)Nn1ccc2ccccc2c1=O. The fraction of sp³-hybridized carbons (Fsp3) is 0.0909. The molecule has 0 radical (unpaired) electrons. The molecule has 0 bridgehead atoms. The van der Waals surface area contributed by atoms with Crippen molar-refractivity contribution in [2.45, 2.75) is 6.92 Å². The van der Waals surface area contributed by atoms with Crippen LogP contribution < -0.4 is 11.0 Å². The summed E-state index contributed by atoms with van der Waals surface area (Å²) in [6.45, 7) is 1.36. The van der Waals surface area contributed by atoms with Crippen molar-refractivity contribution in [1.82, 2.24) is 4.68 Å². The largest absolute Gasteiger partial charge is 0.277 e. The van der Waals surface area contributed by atoms with E-state index < -0.39 is 0 Å². The van der Waals surface area contributed by atoms with Gasteiger partial charge in [-0.3, -0.25) is 15.0 Å². The number of carbonyl (C=O) groups excluding carboxylic acids is 1. The number of fused-ring (bicyclic) bond motifs is 1. The molecule has 0 aliphatic carbocycles. The summed E-state index contributed by atoms with van der Waals surface area (Å²) in [6.07, 6.45) is 1.55. The van der Waals surface area contributed by atoms with Gasteiger partial charge in [-0.2, -0.15) is 0 Å². The van der Waals surface area contributed by atoms with Gasteiger partial charge in [0.2, 0.25) is 5.91 Å². The van der Waals surface area contributed by atoms with Crippen molar-refractivity contribution in [1.29, 1.82) is 0 Å². The molecule has 1 aromatic carbocycles. The first-order valence-corrected chi connectivity index (χ1v) is 4.56. The Balaban J connectivity index is 2.65. The molecule has 0 spiro atoms. The molecule has 2 rings (SSSR count). The molecule has 76 valence electrons. The molecule has 0 atom stereocenters. The van der Waals surface area contributed by atoms with Gasteiger partial charge in [0.15, 0.2) is 0 Å². The molecule has 15 heavy (non-hydrogen) atoms. The van der Waals surface area contributed by atoms with Gasteiger partial charge < -0.3 is 0 Å². The van der Waals surface area contributed by atoms with Crippen molar-refractivity contribution in [3.05, 3.63) is 46.9 Å². The number of nitrogens with one attached hydrogen (secondary N) is 1. The standard InChI is InChI=1S/C11H10N2O2/c1-8(14)12-13-7-6-9-4-2-3-5-10(9)11(13)15/h2-7H,1H3,(H,12,14). The number of hydrogen-bond donors (Lipinski definition) is 1. The van der Waals surface area contributed by atoms with Crippen LogP contribution in [-0.4, -0.2) is 10.6 Å². The molecule has 0 unspecified atom stereocenters. The summed E-state index contributed by atoms with van der Waals surface area (Å²) in [5, 5.41) is 1.46. The zero-order valence-electron chi connectivity index (χ0n) is 8.23. The van der Waals surface area contributed by atoms with Crippen LogP contribution in [0.1, 0.15) is 6.92 Å². The third-order valence-electron chi connectivity index (χ3n) is 2.09. The van der Waals surface area contributed by atoms with Crippen LogP contribution in [0.25, 0.3) is 10.8 Å². The van der Waals surface area contributed by atoms with E-state index in [0.29, 0.717) is 5.39 Å². The van der Waals surface area contributed by atoms with Gasteiger partial charge in [0.05, 0.1) is 0 Å². The van der Waals surface area contributed by atoms with E-state index >= 15 is 0 Å². The zero-order chi connectivity index (χ0) is 10.8. The van der Waals surface area contributed by atoms with Crippen molar-refractivity contribution in [2.24, 2.45) is 0 Å². The highest BCUT2D eigenvalue weighted by Crippen LogP contribution is 2.07. The minimum absolute atomic E-state index is 0.219. The first-order valence-electron chi connectivity index (χ1n) is 4.56. The highest BCUT2D eigenvalue weighted by atomic mass is 16.2. The van der Waals surface area contributed by atoms with Crippen molar-refractivity contribution < 1.29 is 4.79 Å². The number of nitrogens with zero attached hydrogens (tertiary/aromatic N) is 1. The molecule has 0 fully saturated rings. The van der Waals surface area contributed by atoms with Crippen LogP contribution in [0, 0.1) is 0 Å². The lowest BCUT2D eigenvalue weighted by Crippen LogP contribution is -2.31. The van der Waals surface area contributed by atoms with Crippen LogP contribution in [0.2, 0.25) is 0 Å². The summed E-state index contributed by atoms with van der Waals surface area (Å²) in [6, 6.07) is 9.03. The number of amides is 1. The molecule has 0 aliphatic heterocycles. The van der Waals surface area contributed by atoms with Gasteiger partial charge in [0.25, 0.3) is 5.56 Å². The van der Waals surface area contributed by atoms with Gasteiger partial charge >= 0.3 is 0 Å². The van der Waals surface area contributed by atoms with E-state index in [9.17, 15) is 9.59 Å². The quantitative estimate of drug-likeness (QED) is 0.752. The Labute approximate surface area is 86.1 Å². The maximum Gasteiger partial charge on any atom is 0.277 e. The van der Waals surface area contributed by atoms with E-state index in [2.05, 4.69) is 5.43 Å². The molecule has 4 nitrogen and oxygen atoms in total. The Morgan fingerprint density at radius 3 is 2.73 bits per heavy atom. The van der Waals surface area contributed by atoms with Gasteiger partial charge in [-0.25, -0.2) is 4.68 Å². The molecule has 0 aliphatic rings. The van der Waals surface area contributed by atoms with Crippen molar-refractivity contribution in [3.63, 3.8) is 0 Å². The Morgan fingerprint density at radius 2 is 2.00 bits per heavy atom. The van der Waals surface area contributed by atoms with Crippen LogP contribution in [0.15, 0.2) is 41.3 Å². The van der Waals surface area contributed by atoms with E-state index in [4.69, 9.17) is 0 Å². The average Bonchev–Trinajstić information content (AvgIpc) is 2.22. The normalized spacial score (nSPS) is 10.2. The van der Waals surface area contributed by atoms with E-state index in [-0.39, 0.29) is 11.5 Å². The fourth-order valence-electron chi connectivity index (χ4n) is 1.45. The molecular weight excluding hydrogens is 192 g/mol. The first-order chi connectivity index (χ1) is 7.18. The number of carbonyl (C=O) groups is 1. The number of rotatable bonds is 1. The Bertz CT molecular complexity index is 572. The molecule has 4 heteroatoms. The van der Waals surface area contributed by atoms with E-state index in [1.165, 1.54) is 11.6 Å². The molecule has 0 saturated heterocycles. The number of pyridine rings is 1. The second kappa shape index (κ2) is 3.57. The second-order valence-corrected chi connectivity index (χ2v) is 3.25. The van der Waals surface area contributed by atoms with Gasteiger partial charge in [-0.05, 0) is 17.5 Å². The maximum atomic E-state index is 11.8. The summed E-state index contributed by atoms with van der Waals surface area (Å²) in [5.74, 6) is -0.271. The molecule has 1 heterocycles. The van der Waals surface area contributed by atoms with Gasteiger partial charge in [-0.1, -0.05) is 18.2 Å². The third-order valence-corrected chi connectivity index (χ3v) is 2.09. The molecular formula is C11H10N2O2. The number of benzene rings is 1. The minimum atomic E-state index is -0.271. The predicted octanol–water partition coefficient (Wildman–Crippen LogP) is 1.09. The Morgan fingerprint density at radius 1 is 1.27 bits per heavy atom. The van der Waals surface area contributed by atoms with E-state index in [1.54, 1.807) is 24.4 Å². The van der Waals surface area contributed by atoms with Crippen LogP contribution in [-0.2, 0) is 4.79 Å². The summed E-state index contributed by atoms with van der Waals surface area (Å²) >= 11 is 0. The minimum Gasteiger partial charge on any atom is -0.274 e. The summed E-state index contributed by atoms with van der Waals surface area (Å²) < 4.78 is 1.19. The second-order valence-electron chi connectivity index (χ2n) is 3.25. The number of hydrogen-bond acceptors (Lipinski definition) is 2. The lowest BCUT2D eigenvalue weighted by atomic mass is 10.2. The first kappa shape index (κ1) is 9.45. The van der Waals surface area contributed by atoms with Crippen molar-refractivity contribution in [3.8, 4) is 0 Å².